The average Bonchev–Trinajstić information content (AvgIpc) is 3.37. The van der Waals surface area contributed by atoms with E-state index in [1.165, 1.54) is 4.90 Å². The largest absolute Gasteiger partial charge is 0.464 e. The molecule has 1 N–H and O–H groups in total. The van der Waals surface area contributed by atoms with Crippen molar-refractivity contribution in [1.29, 1.82) is 0 Å². The van der Waals surface area contributed by atoms with Gasteiger partial charge >= 0.3 is 5.97 Å². The molecule has 1 saturated heterocycles. The second-order valence-electron chi connectivity index (χ2n) is 6.29. The molecule has 1 amide bonds. The number of carbonyl (C=O) groups is 2. The molecular weight excluding hydrogens is 376 g/mol. The topological polar surface area (TPSA) is 86.1 Å². The summed E-state index contributed by atoms with van der Waals surface area (Å²) in [5.74, 6) is 0.000521. The number of amides is 1. The van der Waals surface area contributed by atoms with Gasteiger partial charge in [-0.2, -0.15) is 0 Å². The first-order valence-electron chi connectivity index (χ1n) is 8.86. The molecule has 0 radical (unpaired) electrons. The maximum Gasteiger partial charge on any atom is 0.328 e. The molecule has 0 unspecified atom stereocenters. The monoisotopic (exact) mass is 394 g/mol. The summed E-state index contributed by atoms with van der Waals surface area (Å²) >= 11 is 1.68. The second kappa shape index (κ2) is 8.26. The molecule has 1 aromatic heterocycles. The number of rotatable bonds is 6. The van der Waals surface area contributed by atoms with Crippen LogP contribution in [0.25, 0.3) is 5.69 Å². The van der Waals surface area contributed by atoms with E-state index >= 15 is 0 Å². The summed E-state index contributed by atoms with van der Waals surface area (Å²) < 4.78 is 6.52. The lowest BCUT2D eigenvalue weighted by Crippen LogP contribution is -2.37. The highest BCUT2D eigenvalue weighted by atomic mass is 32.2. The van der Waals surface area contributed by atoms with Gasteiger partial charge < -0.3 is 10.1 Å². The fourth-order valence-corrected chi connectivity index (χ4v) is 3.62. The van der Waals surface area contributed by atoms with Crippen LogP contribution in [0.4, 0.5) is 0 Å². The molecule has 28 heavy (non-hydrogen) atoms. The SMILES string of the molecule is O=C(N[C@H]1CCOC1=O)c1cccc(-n2cc(CSc3ccccc3)nn2)c1. The Labute approximate surface area is 166 Å². The number of hydrogen-bond acceptors (Lipinski definition) is 6. The van der Waals surface area contributed by atoms with E-state index in [0.29, 0.717) is 24.3 Å². The molecule has 4 rings (SSSR count). The predicted octanol–water partition coefficient (Wildman–Crippen LogP) is 2.60. The molecule has 2 aromatic carbocycles. The van der Waals surface area contributed by atoms with Crippen molar-refractivity contribution in [2.24, 2.45) is 0 Å². The maximum absolute atomic E-state index is 12.4. The number of hydrogen-bond donors (Lipinski definition) is 1. The Kier molecular flexibility index (Phi) is 5.38. The summed E-state index contributed by atoms with van der Waals surface area (Å²) in [5.41, 5.74) is 2.02. The fraction of sp³-hybridized carbons (Fsp3) is 0.200. The smallest absolute Gasteiger partial charge is 0.328 e. The van der Waals surface area contributed by atoms with Gasteiger partial charge in [0.2, 0.25) is 0 Å². The van der Waals surface area contributed by atoms with Crippen molar-refractivity contribution in [3.63, 3.8) is 0 Å². The first-order valence-corrected chi connectivity index (χ1v) is 9.84. The van der Waals surface area contributed by atoms with Gasteiger partial charge in [-0.05, 0) is 30.3 Å². The molecule has 1 aliphatic heterocycles. The van der Waals surface area contributed by atoms with Crippen LogP contribution in [0.1, 0.15) is 22.5 Å². The van der Waals surface area contributed by atoms with Gasteiger partial charge in [0.25, 0.3) is 5.91 Å². The Balaban J connectivity index is 1.43. The molecule has 7 nitrogen and oxygen atoms in total. The van der Waals surface area contributed by atoms with Crippen molar-refractivity contribution in [2.45, 2.75) is 23.1 Å². The molecule has 0 saturated carbocycles. The first-order chi connectivity index (χ1) is 13.7. The van der Waals surface area contributed by atoms with Crippen LogP contribution in [0.5, 0.6) is 0 Å². The van der Waals surface area contributed by atoms with Crippen LogP contribution < -0.4 is 5.32 Å². The summed E-state index contributed by atoms with van der Waals surface area (Å²) in [6.07, 6.45) is 2.34. The molecule has 1 aliphatic rings. The number of aromatic nitrogens is 3. The molecule has 1 atom stereocenters. The van der Waals surface area contributed by atoms with Crippen LogP contribution in [0.15, 0.2) is 65.7 Å². The Morgan fingerprint density at radius 2 is 2.07 bits per heavy atom. The third kappa shape index (κ3) is 4.23. The minimum atomic E-state index is -0.579. The lowest BCUT2D eigenvalue weighted by Gasteiger charge is -2.09. The van der Waals surface area contributed by atoms with Crippen molar-refractivity contribution < 1.29 is 14.3 Å². The number of nitrogens with one attached hydrogen (secondary N) is 1. The molecule has 2 heterocycles. The van der Waals surface area contributed by atoms with Crippen molar-refractivity contribution >= 4 is 23.6 Å². The van der Waals surface area contributed by atoms with Gasteiger partial charge in [0.1, 0.15) is 6.04 Å². The molecule has 0 spiro atoms. The van der Waals surface area contributed by atoms with Crippen LogP contribution in [0.2, 0.25) is 0 Å². The Hall–Kier alpha value is -3.13. The van der Waals surface area contributed by atoms with E-state index in [1.807, 2.05) is 30.5 Å². The molecule has 0 aliphatic carbocycles. The van der Waals surface area contributed by atoms with Crippen LogP contribution in [0, 0.1) is 0 Å². The number of esters is 1. The summed E-state index contributed by atoms with van der Waals surface area (Å²) in [6, 6.07) is 16.6. The zero-order chi connectivity index (χ0) is 19.3. The Morgan fingerprint density at radius 3 is 2.86 bits per heavy atom. The number of benzene rings is 2. The van der Waals surface area contributed by atoms with E-state index in [9.17, 15) is 9.59 Å². The molecule has 8 heteroatoms. The number of ether oxygens (including phenoxy) is 1. The van der Waals surface area contributed by atoms with Gasteiger partial charge in [-0.25, -0.2) is 9.48 Å². The van der Waals surface area contributed by atoms with Crippen molar-refractivity contribution in [3.05, 3.63) is 72.1 Å². The predicted molar refractivity (Wildman–Crippen MR) is 104 cm³/mol. The highest BCUT2D eigenvalue weighted by Gasteiger charge is 2.28. The van der Waals surface area contributed by atoms with E-state index in [-0.39, 0.29) is 11.9 Å². The Morgan fingerprint density at radius 1 is 1.21 bits per heavy atom. The van der Waals surface area contributed by atoms with E-state index in [0.717, 1.165) is 11.4 Å². The van der Waals surface area contributed by atoms with E-state index in [1.54, 1.807) is 34.6 Å². The van der Waals surface area contributed by atoms with Crippen LogP contribution in [-0.2, 0) is 15.3 Å². The zero-order valence-corrected chi connectivity index (χ0v) is 15.8. The molecule has 3 aromatic rings. The molecular formula is C20H18N4O3S. The molecule has 1 fully saturated rings. The summed E-state index contributed by atoms with van der Waals surface area (Å²) in [7, 11) is 0. The van der Waals surface area contributed by atoms with Crippen LogP contribution in [-0.4, -0.2) is 39.5 Å². The van der Waals surface area contributed by atoms with Crippen LogP contribution >= 0.6 is 11.8 Å². The Bertz CT molecular complexity index is 990. The van der Waals surface area contributed by atoms with Gasteiger partial charge in [-0.1, -0.05) is 29.5 Å². The number of nitrogens with zero attached hydrogens (tertiary/aromatic N) is 3. The summed E-state index contributed by atoms with van der Waals surface area (Å²) in [4.78, 5) is 25.1. The average molecular weight is 394 g/mol. The highest BCUT2D eigenvalue weighted by Crippen LogP contribution is 2.21. The van der Waals surface area contributed by atoms with Crippen molar-refractivity contribution in [1.82, 2.24) is 20.3 Å². The zero-order valence-electron chi connectivity index (χ0n) is 14.9. The van der Waals surface area contributed by atoms with E-state index < -0.39 is 6.04 Å². The van der Waals surface area contributed by atoms with Crippen molar-refractivity contribution in [2.75, 3.05) is 6.61 Å². The van der Waals surface area contributed by atoms with Gasteiger partial charge in [0.05, 0.1) is 24.2 Å². The lowest BCUT2D eigenvalue weighted by molar-refractivity contribution is -0.139. The second-order valence-corrected chi connectivity index (χ2v) is 7.34. The van der Waals surface area contributed by atoms with Crippen LogP contribution in [0.3, 0.4) is 0 Å². The van der Waals surface area contributed by atoms with E-state index in [4.69, 9.17) is 4.74 Å². The lowest BCUT2D eigenvalue weighted by atomic mass is 10.1. The van der Waals surface area contributed by atoms with Gasteiger partial charge in [0, 0.05) is 22.6 Å². The third-order valence-electron chi connectivity index (χ3n) is 4.28. The highest BCUT2D eigenvalue weighted by molar-refractivity contribution is 7.98. The summed E-state index contributed by atoms with van der Waals surface area (Å²) in [5, 5.41) is 11.1. The fourth-order valence-electron chi connectivity index (χ4n) is 2.82. The number of cyclic esters (lactones) is 1. The van der Waals surface area contributed by atoms with Crippen molar-refractivity contribution in [3.8, 4) is 5.69 Å². The number of carbonyl (C=O) groups excluding carboxylic acids is 2. The van der Waals surface area contributed by atoms with Gasteiger partial charge in [-0.3, -0.25) is 4.79 Å². The quantitative estimate of drug-likeness (QED) is 0.511. The molecule has 142 valence electrons. The third-order valence-corrected chi connectivity index (χ3v) is 5.33. The van der Waals surface area contributed by atoms with E-state index in [2.05, 4.69) is 27.8 Å². The normalized spacial score (nSPS) is 16.0. The van der Waals surface area contributed by atoms with Gasteiger partial charge in [0.15, 0.2) is 0 Å². The van der Waals surface area contributed by atoms with Gasteiger partial charge in [-0.15, -0.1) is 16.9 Å². The first kappa shape index (κ1) is 18.2. The standard InChI is InChI=1S/C20H18N4O3S/c25-19(21-18-9-10-27-20(18)26)14-5-4-6-16(11-14)24-12-15(22-23-24)13-28-17-7-2-1-3-8-17/h1-8,11-12,18H,9-10,13H2,(H,21,25)/t18-/m0/s1. The summed E-state index contributed by atoms with van der Waals surface area (Å²) in [6.45, 7) is 0.340. The number of thioether (sulfide) groups is 1. The maximum atomic E-state index is 12.4. The minimum absolute atomic E-state index is 0.314. The molecule has 0 bridgehead atoms. The minimum Gasteiger partial charge on any atom is -0.464 e.